The van der Waals surface area contributed by atoms with Gasteiger partial charge in [-0.25, -0.2) is 4.98 Å². The van der Waals surface area contributed by atoms with Crippen molar-refractivity contribution in [2.75, 3.05) is 14.2 Å². The van der Waals surface area contributed by atoms with E-state index in [2.05, 4.69) is 10.3 Å². The normalized spacial score (nSPS) is 10.0. The minimum Gasteiger partial charge on any atom is -0.496 e. The summed E-state index contributed by atoms with van der Waals surface area (Å²) in [4.78, 5) is 16.3. The molecule has 1 aromatic carbocycles. The molecule has 110 valence electrons. The van der Waals surface area contributed by atoms with Crippen molar-refractivity contribution in [2.45, 2.75) is 6.54 Å². The first-order valence-electron chi connectivity index (χ1n) is 6.24. The Labute approximate surface area is 127 Å². The van der Waals surface area contributed by atoms with E-state index in [1.807, 2.05) is 6.07 Å². The van der Waals surface area contributed by atoms with Crippen LogP contribution in [0.3, 0.4) is 0 Å². The molecule has 0 spiro atoms. The summed E-state index contributed by atoms with van der Waals surface area (Å²) in [6.45, 7) is 0.353. The predicted octanol–water partition coefficient (Wildman–Crippen LogP) is 2.68. The number of aromatic nitrogens is 1. The van der Waals surface area contributed by atoms with E-state index in [-0.39, 0.29) is 5.91 Å². The third kappa shape index (κ3) is 3.86. The Morgan fingerprint density at radius 1 is 1.24 bits per heavy atom. The predicted molar refractivity (Wildman–Crippen MR) is 80.0 cm³/mol. The first-order valence-corrected chi connectivity index (χ1v) is 6.62. The number of hydrogen-bond donors (Lipinski definition) is 1. The van der Waals surface area contributed by atoms with Crippen LogP contribution in [0.25, 0.3) is 0 Å². The smallest absolute Gasteiger partial charge is 0.255 e. The lowest BCUT2D eigenvalue weighted by Gasteiger charge is -2.10. The first kappa shape index (κ1) is 15.1. The van der Waals surface area contributed by atoms with Gasteiger partial charge in [-0.05, 0) is 23.8 Å². The Hall–Kier alpha value is -2.27. The monoisotopic (exact) mass is 306 g/mol. The molecule has 1 heterocycles. The SMILES string of the molecule is COc1ccc(CNC(=O)c2cc(Cl)ccc2OC)cn1. The molecule has 0 saturated heterocycles. The number of carbonyl (C=O) groups is 1. The van der Waals surface area contributed by atoms with Gasteiger partial charge in [0.1, 0.15) is 5.75 Å². The number of pyridine rings is 1. The van der Waals surface area contributed by atoms with Crippen molar-refractivity contribution in [1.82, 2.24) is 10.3 Å². The summed E-state index contributed by atoms with van der Waals surface area (Å²) in [6, 6.07) is 8.47. The number of ether oxygens (including phenoxy) is 2. The van der Waals surface area contributed by atoms with Crippen LogP contribution in [-0.4, -0.2) is 25.1 Å². The summed E-state index contributed by atoms with van der Waals surface area (Å²) < 4.78 is 10.1. The molecule has 2 rings (SSSR count). The van der Waals surface area contributed by atoms with Crippen LogP contribution in [0.4, 0.5) is 0 Å². The van der Waals surface area contributed by atoms with E-state index in [0.29, 0.717) is 28.8 Å². The summed E-state index contributed by atoms with van der Waals surface area (Å²) in [5.74, 6) is 0.747. The fraction of sp³-hybridized carbons (Fsp3) is 0.200. The van der Waals surface area contributed by atoms with E-state index in [0.717, 1.165) is 5.56 Å². The molecule has 0 aliphatic rings. The maximum absolute atomic E-state index is 12.2. The highest BCUT2D eigenvalue weighted by atomic mass is 35.5. The van der Waals surface area contributed by atoms with Crippen LogP contribution in [0.2, 0.25) is 5.02 Å². The highest BCUT2D eigenvalue weighted by Gasteiger charge is 2.12. The maximum atomic E-state index is 12.2. The van der Waals surface area contributed by atoms with E-state index in [9.17, 15) is 4.79 Å². The number of nitrogens with one attached hydrogen (secondary N) is 1. The highest BCUT2D eigenvalue weighted by Crippen LogP contribution is 2.22. The molecule has 0 saturated carbocycles. The molecule has 0 unspecified atom stereocenters. The Balaban J connectivity index is 2.05. The van der Waals surface area contributed by atoms with Gasteiger partial charge in [0.2, 0.25) is 5.88 Å². The second-order valence-corrected chi connectivity index (χ2v) is 4.67. The highest BCUT2D eigenvalue weighted by molar-refractivity contribution is 6.31. The molecule has 1 amide bonds. The lowest BCUT2D eigenvalue weighted by molar-refractivity contribution is 0.0948. The van der Waals surface area contributed by atoms with Gasteiger partial charge in [-0.2, -0.15) is 0 Å². The molecular formula is C15H15ClN2O3. The largest absolute Gasteiger partial charge is 0.496 e. The molecule has 6 heteroatoms. The van der Waals surface area contributed by atoms with Crippen LogP contribution in [-0.2, 0) is 6.54 Å². The van der Waals surface area contributed by atoms with E-state index < -0.39 is 0 Å². The molecule has 5 nitrogen and oxygen atoms in total. The van der Waals surface area contributed by atoms with Crippen molar-refractivity contribution in [3.63, 3.8) is 0 Å². The van der Waals surface area contributed by atoms with Crippen LogP contribution < -0.4 is 14.8 Å². The number of rotatable bonds is 5. The van der Waals surface area contributed by atoms with Gasteiger partial charge in [0, 0.05) is 23.8 Å². The number of halogens is 1. The minimum absolute atomic E-state index is 0.259. The van der Waals surface area contributed by atoms with Crippen LogP contribution in [0.15, 0.2) is 36.5 Å². The van der Waals surface area contributed by atoms with Crippen molar-refractivity contribution in [2.24, 2.45) is 0 Å². The van der Waals surface area contributed by atoms with Crippen molar-refractivity contribution in [3.05, 3.63) is 52.7 Å². The van der Waals surface area contributed by atoms with Crippen LogP contribution in [0, 0.1) is 0 Å². The Bertz CT molecular complexity index is 629. The van der Waals surface area contributed by atoms with E-state index in [1.54, 1.807) is 37.6 Å². The zero-order chi connectivity index (χ0) is 15.2. The lowest BCUT2D eigenvalue weighted by atomic mass is 10.2. The van der Waals surface area contributed by atoms with E-state index >= 15 is 0 Å². The number of methoxy groups -OCH3 is 2. The minimum atomic E-state index is -0.259. The Morgan fingerprint density at radius 2 is 2.05 bits per heavy atom. The van der Waals surface area contributed by atoms with Gasteiger partial charge in [-0.1, -0.05) is 17.7 Å². The second kappa shape index (κ2) is 6.95. The van der Waals surface area contributed by atoms with Gasteiger partial charge in [0.15, 0.2) is 0 Å². The summed E-state index contributed by atoms with van der Waals surface area (Å²) in [5.41, 5.74) is 1.26. The Kier molecular flexibility index (Phi) is 5.00. The molecule has 0 aliphatic carbocycles. The van der Waals surface area contributed by atoms with Crippen LogP contribution in [0.5, 0.6) is 11.6 Å². The van der Waals surface area contributed by atoms with Gasteiger partial charge >= 0.3 is 0 Å². The molecule has 2 aromatic rings. The molecule has 1 N–H and O–H groups in total. The first-order chi connectivity index (χ1) is 10.1. The molecule has 0 fully saturated rings. The molecular weight excluding hydrogens is 292 g/mol. The van der Waals surface area contributed by atoms with Gasteiger partial charge in [0.05, 0.1) is 19.8 Å². The third-order valence-corrected chi connectivity index (χ3v) is 3.10. The number of hydrogen-bond acceptors (Lipinski definition) is 4. The van der Waals surface area contributed by atoms with Gasteiger partial charge in [0.25, 0.3) is 5.91 Å². The van der Waals surface area contributed by atoms with E-state index in [4.69, 9.17) is 21.1 Å². The zero-order valence-electron chi connectivity index (χ0n) is 11.7. The molecule has 21 heavy (non-hydrogen) atoms. The standard InChI is InChI=1S/C15H15ClN2O3/c1-20-13-5-4-11(16)7-12(13)15(19)18-9-10-3-6-14(21-2)17-8-10/h3-8H,9H2,1-2H3,(H,18,19). The average Bonchev–Trinajstić information content (AvgIpc) is 2.53. The van der Waals surface area contributed by atoms with Gasteiger partial charge < -0.3 is 14.8 Å². The summed E-state index contributed by atoms with van der Waals surface area (Å²) in [6.07, 6.45) is 1.65. The maximum Gasteiger partial charge on any atom is 0.255 e. The number of nitrogens with zero attached hydrogens (tertiary/aromatic N) is 1. The summed E-state index contributed by atoms with van der Waals surface area (Å²) in [7, 11) is 3.06. The summed E-state index contributed by atoms with van der Waals surface area (Å²) >= 11 is 5.91. The number of carbonyl (C=O) groups excluding carboxylic acids is 1. The fourth-order valence-electron chi connectivity index (χ4n) is 1.77. The zero-order valence-corrected chi connectivity index (χ0v) is 12.5. The summed E-state index contributed by atoms with van der Waals surface area (Å²) in [5, 5.41) is 3.28. The molecule has 1 aromatic heterocycles. The number of benzene rings is 1. The van der Waals surface area contributed by atoms with Crippen molar-refractivity contribution in [3.8, 4) is 11.6 Å². The quantitative estimate of drug-likeness (QED) is 0.922. The lowest BCUT2D eigenvalue weighted by Crippen LogP contribution is -2.23. The molecule has 0 atom stereocenters. The van der Waals surface area contributed by atoms with E-state index in [1.165, 1.54) is 7.11 Å². The van der Waals surface area contributed by atoms with Gasteiger partial charge in [-0.3, -0.25) is 4.79 Å². The second-order valence-electron chi connectivity index (χ2n) is 4.24. The van der Waals surface area contributed by atoms with Gasteiger partial charge in [-0.15, -0.1) is 0 Å². The van der Waals surface area contributed by atoms with Crippen molar-refractivity contribution < 1.29 is 14.3 Å². The number of amides is 1. The molecule has 0 bridgehead atoms. The Morgan fingerprint density at radius 3 is 2.67 bits per heavy atom. The fourth-order valence-corrected chi connectivity index (χ4v) is 1.94. The average molecular weight is 307 g/mol. The molecule has 0 aliphatic heterocycles. The van der Waals surface area contributed by atoms with Crippen molar-refractivity contribution in [1.29, 1.82) is 0 Å². The van der Waals surface area contributed by atoms with Crippen LogP contribution in [0.1, 0.15) is 15.9 Å². The topological polar surface area (TPSA) is 60.5 Å². The van der Waals surface area contributed by atoms with Crippen LogP contribution >= 0.6 is 11.6 Å². The molecule has 0 radical (unpaired) electrons. The van der Waals surface area contributed by atoms with Crippen molar-refractivity contribution >= 4 is 17.5 Å². The third-order valence-electron chi connectivity index (χ3n) is 2.87.